The van der Waals surface area contributed by atoms with Crippen LogP contribution >= 0.6 is 11.6 Å². The van der Waals surface area contributed by atoms with Crippen LogP contribution in [0.3, 0.4) is 0 Å². The Morgan fingerprint density at radius 2 is 2.27 bits per heavy atom. The number of fused-ring (bicyclic) bond motifs is 1. The Morgan fingerprint density at radius 1 is 1.45 bits per heavy atom. The van der Waals surface area contributed by atoms with E-state index in [-0.39, 0.29) is 5.02 Å². The van der Waals surface area contributed by atoms with Crippen molar-refractivity contribution in [2.24, 2.45) is 0 Å². The van der Waals surface area contributed by atoms with E-state index in [4.69, 9.17) is 11.6 Å². The van der Waals surface area contributed by atoms with Crippen LogP contribution in [-0.2, 0) is 0 Å². The zero-order valence-electron chi connectivity index (χ0n) is 5.44. The third-order valence-electron chi connectivity index (χ3n) is 1.48. The monoisotopic (exact) mass is 170 g/mol. The fraction of sp³-hybridized carbons (Fsp3) is 0. The van der Waals surface area contributed by atoms with Crippen molar-refractivity contribution < 1.29 is 4.39 Å². The number of nitrogens with zero attached hydrogens (tertiary/aromatic N) is 1. The molecule has 0 unspecified atom stereocenters. The molecule has 0 bridgehead atoms. The fourth-order valence-electron chi connectivity index (χ4n) is 0.937. The highest BCUT2D eigenvalue weighted by Gasteiger charge is 2.02. The first-order chi connectivity index (χ1) is 5.27. The van der Waals surface area contributed by atoms with Gasteiger partial charge in [0, 0.05) is 11.5 Å². The lowest BCUT2D eigenvalue weighted by Gasteiger charge is -1.91. The van der Waals surface area contributed by atoms with Gasteiger partial charge in [0.25, 0.3) is 0 Å². The van der Waals surface area contributed by atoms with Gasteiger partial charge in [-0.05, 0) is 6.07 Å². The molecule has 0 amide bonds. The largest absolute Gasteiger partial charge is 0.278 e. The lowest BCUT2D eigenvalue weighted by atomic mass is 10.2. The lowest BCUT2D eigenvalue weighted by molar-refractivity contribution is 0.630. The van der Waals surface area contributed by atoms with Crippen molar-refractivity contribution in [3.05, 3.63) is 29.2 Å². The molecular formula is C7H4ClFN2. The zero-order valence-corrected chi connectivity index (χ0v) is 6.19. The number of hydrogen-bond acceptors (Lipinski definition) is 1. The Labute approximate surface area is 67.0 Å². The Kier molecular flexibility index (Phi) is 1.32. The molecule has 0 saturated carbocycles. The summed E-state index contributed by atoms with van der Waals surface area (Å²) in [6, 6.07) is 2.86. The minimum atomic E-state index is -0.427. The van der Waals surface area contributed by atoms with Gasteiger partial charge in [-0.25, -0.2) is 4.39 Å². The molecule has 2 rings (SSSR count). The Morgan fingerprint density at radius 3 is 3.09 bits per heavy atom. The van der Waals surface area contributed by atoms with E-state index in [1.165, 1.54) is 12.1 Å². The van der Waals surface area contributed by atoms with Gasteiger partial charge in [0.15, 0.2) is 0 Å². The first-order valence-corrected chi connectivity index (χ1v) is 3.43. The summed E-state index contributed by atoms with van der Waals surface area (Å²) in [6.07, 6.45) is 1.60. The third-order valence-corrected chi connectivity index (χ3v) is 1.77. The minimum Gasteiger partial charge on any atom is -0.278 e. The molecule has 2 nitrogen and oxygen atoms in total. The van der Waals surface area contributed by atoms with Gasteiger partial charge in [0.05, 0.1) is 16.7 Å². The van der Waals surface area contributed by atoms with Crippen LogP contribution in [-0.4, -0.2) is 10.2 Å². The van der Waals surface area contributed by atoms with Crippen molar-refractivity contribution in [3.8, 4) is 0 Å². The molecule has 11 heavy (non-hydrogen) atoms. The average molecular weight is 171 g/mol. The van der Waals surface area contributed by atoms with Gasteiger partial charge in [-0.2, -0.15) is 5.10 Å². The van der Waals surface area contributed by atoms with Crippen LogP contribution in [0.1, 0.15) is 0 Å². The first kappa shape index (κ1) is 6.61. The van der Waals surface area contributed by atoms with Gasteiger partial charge >= 0.3 is 0 Å². The van der Waals surface area contributed by atoms with Crippen molar-refractivity contribution >= 4 is 22.5 Å². The van der Waals surface area contributed by atoms with E-state index in [2.05, 4.69) is 10.2 Å². The standard InChI is InChI=1S/C7H4ClFN2/c8-5-1-4-3-10-11-7(4)2-6(5)9/h1-3H,(H,10,11). The van der Waals surface area contributed by atoms with E-state index in [0.29, 0.717) is 5.52 Å². The van der Waals surface area contributed by atoms with Gasteiger partial charge in [0.1, 0.15) is 5.82 Å². The summed E-state index contributed by atoms with van der Waals surface area (Å²) in [7, 11) is 0. The molecule has 0 saturated heterocycles. The molecule has 0 radical (unpaired) electrons. The van der Waals surface area contributed by atoms with E-state index < -0.39 is 5.82 Å². The molecule has 0 spiro atoms. The molecule has 4 heteroatoms. The Balaban J connectivity index is 2.86. The van der Waals surface area contributed by atoms with Crippen LogP contribution in [0.2, 0.25) is 5.02 Å². The number of nitrogens with one attached hydrogen (secondary N) is 1. The number of aromatic amines is 1. The van der Waals surface area contributed by atoms with Crippen LogP contribution in [0.25, 0.3) is 10.9 Å². The summed E-state index contributed by atoms with van der Waals surface area (Å²) in [4.78, 5) is 0. The zero-order chi connectivity index (χ0) is 7.84. The summed E-state index contributed by atoms with van der Waals surface area (Å²) >= 11 is 5.53. The Hall–Kier alpha value is -1.09. The topological polar surface area (TPSA) is 28.7 Å². The molecular weight excluding hydrogens is 167 g/mol. The molecule has 1 aromatic heterocycles. The molecule has 1 heterocycles. The maximum Gasteiger partial charge on any atom is 0.143 e. The van der Waals surface area contributed by atoms with E-state index >= 15 is 0 Å². The summed E-state index contributed by atoms with van der Waals surface area (Å²) in [5.41, 5.74) is 0.659. The maximum atomic E-state index is 12.7. The van der Waals surface area contributed by atoms with Crippen molar-refractivity contribution in [1.29, 1.82) is 0 Å². The van der Waals surface area contributed by atoms with E-state index in [0.717, 1.165) is 5.39 Å². The SMILES string of the molecule is Fc1cc2[nH]ncc2cc1Cl. The van der Waals surface area contributed by atoms with Gasteiger partial charge in [-0.3, -0.25) is 5.10 Å². The molecule has 2 aromatic rings. The number of H-pyrrole nitrogens is 1. The number of hydrogen-bond donors (Lipinski definition) is 1. The highest BCUT2D eigenvalue weighted by Crippen LogP contribution is 2.20. The lowest BCUT2D eigenvalue weighted by Crippen LogP contribution is -1.76. The number of rotatable bonds is 0. The molecule has 0 atom stereocenters. The first-order valence-electron chi connectivity index (χ1n) is 3.05. The van der Waals surface area contributed by atoms with Crippen molar-refractivity contribution in [1.82, 2.24) is 10.2 Å². The highest BCUT2D eigenvalue weighted by molar-refractivity contribution is 6.31. The van der Waals surface area contributed by atoms with E-state index in [1.54, 1.807) is 6.20 Å². The van der Waals surface area contributed by atoms with Crippen LogP contribution in [0, 0.1) is 5.82 Å². The number of aromatic nitrogens is 2. The van der Waals surface area contributed by atoms with Gasteiger partial charge < -0.3 is 0 Å². The molecule has 1 aromatic carbocycles. The maximum absolute atomic E-state index is 12.7. The van der Waals surface area contributed by atoms with E-state index in [9.17, 15) is 4.39 Å². The second kappa shape index (κ2) is 2.20. The summed E-state index contributed by atoms with van der Waals surface area (Å²) in [6.45, 7) is 0. The van der Waals surface area contributed by atoms with Gasteiger partial charge in [-0.15, -0.1) is 0 Å². The minimum absolute atomic E-state index is 0.124. The second-order valence-electron chi connectivity index (χ2n) is 2.22. The van der Waals surface area contributed by atoms with Crippen molar-refractivity contribution in [3.63, 3.8) is 0 Å². The van der Waals surface area contributed by atoms with Crippen LogP contribution in [0.5, 0.6) is 0 Å². The predicted octanol–water partition coefficient (Wildman–Crippen LogP) is 2.36. The van der Waals surface area contributed by atoms with Crippen LogP contribution < -0.4 is 0 Å². The highest BCUT2D eigenvalue weighted by atomic mass is 35.5. The number of benzene rings is 1. The normalized spacial score (nSPS) is 10.7. The predicted molar refractivity (Wildman–Crippen MR) is 41.1 cm³/mol. The smallest absolute Gasteiger partial charge is 0.143 e. The molecule has 56 valence electrons. The number of halogens is 2. The van der Waals surface area contributed by atoms with Crippen LogP contribution in [0.15, 0.2) is 18.3 Å². The fourth-order valence-corrected chi connectivity index (χ4v) is 1.11. The molecule has 0 aliphatic heterocycles. The molecule has 0 aliphatic carbocycles. The summed E-state index contributed by atoms with van der Waals surface area (Å²) < 4.78 is 12.7. The average Bonchev–Trinajstić information content (AvgIpc) is 2.36. The second-order valence-corrected chi connectivity index (χ2v) is 2.63. The Bertz CT molecular complexity index is 360. The summed E-state index contributed by atoms with van der Waals surface area (Å²) in [5.74, 6) is -0.427. The molecule has 0 aliphatic rings. The third kappa shape index (κ3) is 0.973. The quantitative estimate of drug-likeness (QED) is 0.646. The van der Waals surface area contributed by atoms with Gasteiger partial charge in [-0.1, -0.05) is 11.6 Å². The molecule has 1 N–H and O–H groups in total. The van der Waals surface area contributed by atoms with Gasteiger partial charge in [0.2, 0.25) is 0 Å². The van der Waals surface area contributed by atoms with E-state index in [1.807, 2.05) is 0 Å². The summed E-state index contributed by atoms with van der Waals surface area (Å²) in [5, 5.41) is 7.31. The van der Waals surface area contributed by atoms with Crippen molar-refractivity contribution in [2.45, 2.75) is 0 Å². The van der Waals surface area contributed by atoms with Crippen molar-refractivity contribution in [2.75, 3.05) is 0 Å². The van der Waals surface area contributed by atoms with Crippen LogP contribution in [0.4, 0.5) is 4.39 Å². The molecule has 0 fully saturated rings.